The van der Waals surface area contributed by atoms with Crippen LogP contribution in [0.4, 0.5) is 0 Å². The van der Waals surface area contributed by atoms with Crippen LogP contribution in [0.2, 0.25) is 0 Å². The second kappa shape index (κ2) is 4.33. The molecule has 0 nitrogen and oxygen atoms in total. The van der Waals surface area contributed by atoms with Crippen molar-refractivity contribution in [1.29, 1.82) is 0 Å². The molecule has 0 saturated heterocycles. The molecule has 0 spiro atoms. The van der Waals surface area contributed by atoms with E-state index in [-0.39, 0.29) is 10.8 Å². The van der Waals surface area contributed by atoms with Gasteiger partial charge >= 0.3 is 0 Å². The maximum Gasteiger partial charge on any atom is -0.00594 e. The summed E-state index contributed by atoms with van der Waals surface area (Å²) in [5, 5.41) is 0. The molecular formula is C14H26. The van der Waals surface area contributed by atoms with Gasteiger partial charge in [-0.2, -0.15) is 0 Å². The Bertz CT molecular complexity index is 245. The second-order valence-corrected chi connectivity index (χ2v) is 5.47. The summed E-state index contributed by atoms with van der Waals surface area (Å²) >= 11 is 0. The van der Waals surface area contributed by atoms with Crippen molar-refractivity contribution in [3.8, 4) is 0 Å². The Morgan fingerprint density at radius 2 is 1.36 bits per heavy atom. The Hall–Kier alpha value is -0.520. The summed E-state index contributed by atoms with van der Waals surface area (Å²) in [4.78, 5) is 0. The van der Waals surface area contributed by atoms with Gasteiger partial charge in [-0.3, -0.25) is 0 Å². The summed E-state index contributed by atoms with van der Waals surface area (Å²) in [6.07, 6.45) is 4.46. The molecule has 14 heavy (non-hydrogen) atoms. The fourth-order valence-electron chi connectivity index (χ4n) is 1.73. The van der Waals surface area contributed by atoms with E-state index in [2.05, 4.69) is 67.5 Å². The third-order valence-electron chi connectivity index (χ3n) is 3.88. The zero-order valence-corrected chi connectivity index (χ0v) is 11.2. The standard InChI is InChI=1S/C14H26/c1-9-10-13(5,6)14(7,8)12(4)11(2)3/h9-10H,1-8H3. The minimum Gasteiger partial charge on any atom is -0.0911 e. The highest BCUT2D eigenvalue weighted by atomic mass is 14.4. The highest BCUT2D eigenvalue weighted by Crippen LogP contribution is 2.46. The van der Waals surface area contributed by atoms with E-state index in [9.17, 15) is 0 Å². The van der Waals surface area contributed by atoms with Crippen LogP contribution in [0.1, 0.15) is 55.4 Å². The molecular weight excluding hydrogens is 168 g/mol. The third kappa shape index (κ3) is 2.50. The summed E-state index contributed by atoms with van der Waals surface area (Å²) in [5.41, 5.74) is 3.37. The summed E-state index contributed by atoms with van der Waals surface area (Å²) in [6, 6.07) is 0. The topological polar surface area (TPSA) is 0 Å². The Morgan fingerprint density at radius 1 is 0.929 bits per heavy atom. The van der Waals surface area contributed by atoms with Gasteiger partial charge in [-0.25, -0.2) is 0 Å². The van der Waals surface area contributed by atoms with Gasteiger partial charge in [0.15, 0.2) is 0 Å². The van der Waals surface area contributed by atoms with Crippen LogP contribution in [-0.4, -0.2) is 0 Å². The van der Waals surface area contributed by atoms with Gasteiger partial charge in [-0.1, -0.05) is 51.0 Å². The Balaban J connectivity index is 5.25. The maximum absolute atomic E-state index is 2.33. The lowest BCUT2D eigenvalue weighted by atomic mass is 9.63. The lowest BCUT2D eigenvalue weighted by Gasteiger charge is -2.41. The van der Waals surface area contributed by atoms with E-state index in [0.717, 1.165) is 0 Å². The summed E-state index contributed by atoms with van der Waals surface area (Å²) in [6.45, 7) is 18.0. The van der Waals surface area contributed by atoms with Gasteiger partial charge in [-0.15, -0.1) is 0 Å². The molecule has 0 fully saturated rings. The molecule has 0 radical (unpaired) electrons. The molecule has 0 saturated carbocycles. The second-order valence-electron chi connectivity index (χ2n) is 5.47. The fourth-order valence-corrected chi connectivity index (χ4v) is 1.73. The SMILES string of the molecule is CC=CC(C)(C)C(C)(C)C(C)=C(C)C. The molecule has 0 atom stereocenters. The van der Waals surface area contributed by atoms with E-state index in [1.165, 1.54) is 11.1 Å². The van der Waals surface area contributed by atoms with Crippen LogP contribution in [0.5, 0.6) is 0 Å². The van der Waals surface area contributed by atoms with Gasteiger partial charge in [0.05, 0.1) is 0 Å². The molecule has 0 bridgehead atoms. The number of hydrogen-bond donors (Lipinski definition) is 0. The number of allylic oxidation sites excluding steroid dienone is 4. The lowest BCUT2D eigenvalue weighted by Crippen LogP contribution is -2.32. The molecule has 0 heteroatoms. The highest BCUT2D eigenvalue weighted by Gasteiger charge is 2.36. The average Bonchev–Trinajstić information content (AvgIpc) is 2.02. The summed E-state index contributed by atoms with van der Waals surface area (Å²) < 4.78 is 0. The monoisotopic (exact) mass is 194 g/mol. The van der Waals surface area contributed by atoms with Crippen molar-refractivity contribution in [3.05, 3.63) is 23.3 Å². The van der Waals surface area contributed by atoms with Crippen molar-refractivity contribution >= 4 is 0 Å². The molecule has 0 rings (SSSR count). The molecule has 0 heterocycles. The van der Waals surface area contributed by atoms with Gasteiger partial charge in [0.2, 0.25) is 0 Å². The van der Waals surface area contributed by atoms with Crippen LogP contribution in [0.3, 0.4) is 0 Å². The van der Waals surface area contributed by atoms with Crippen LogP contribution < -0.4 is 0 Å². The minimum atomic E-state index is 0.211. The summed E-state index contributed by atoms with van der Waals surface area (Å²) in [7, 11) is 0. The average molecular weight is 194 g/mol. The molecule has 0 aliphatic rings. The summed E-state index contributed by atoms with van der Waals surface area (Å²) in [5.74, 6) is 0. The van der Waals surface area contributed by atoms with Crippen molar-refractivity contribution in [2.75, 3.05) is 0 Å². The number of hydrogen-bond acceptors (Lipinski definition) is 0. The van der Waals surface area contributed by atoms with Crippen molar-refractivity contribution in [2.45, 2.75) is 55.4 Å². The molecule has 0 aromatic rings. The van der Waals surface area contributed by atoms with E-state index in [1.54, 1.807) is 0 Å². The molecule has 0 amide bonds. The molecule has 0 N–H and O–H groups in total. The first-order chi connectivity index (χ1) is 6.16. The predicted molar refractivity (Wildman–Crippen MR) is 66.4 cm³/mol. The molecule has 0 aromatic heterocycles. The quantitative estimate of drug-likeness (QED) is 0.556. The van der Waals surface area contributed by atoms with Crippen LogP contribution >= 0.6 is 0 Å². The van der Waals surface area contributed by atoms with E-state index < -0.39 is 0 Å². The normalized spacial score (nSPS) is 13.4. The van der Waals surface area contributed by atoms with Gasteiger partial charge in [0.25, 0.3) is 0 Å². The molecule has 0 aliphatic heterocycles. The Morgan fingerprint density at radius 3 is 1.64 bits per heavy atom. The van der Waals surface area contributed by atoms with E-state index in [4.69, 9.17) is 0 Å². The van der Waals surface area contributed by atoms with Crippen LogP contribution in [0.25, 0.3) is 0 Å². The minimum absolute atomic E-state index is 0.211. The highest BCUT2D eigenvalue weighted by molar-refractivity contribution is 5.21. The van der Waals surface area contributed by atoms with Crippen LogP contribution in [-0.2, 0) is 0 Å². The Kier molecular flexibility index (Phi) is 4.17. The first-order valence-electron chi connectivity index (χ1n) is 5.45. The molecule has 0 aromatic carbocycles. The molecule has 0 unspecified atom stereocenters. The largest absolute Gasteiger partial charge is 0.0911 e. The first-order valence-corrected chi connectivity index (χ1v) is 5.45. The smallest absolute Gasteiger partial charge is 0.00594 e. The van der Waals surface area contributed by atoms with E-state index >= 15 is 0 Å². The first kappa shape index (κ1) is 13.5. The Labute approximate surface area is 90.1 Å². The predicted octanol–water partition coefficient (Wildman–Crippen LogP) is 4.97. The molecule has 82 valence electrons. The van der Waals surface area contributed by atoms with Crippen molar-refractivity contribution in [1.82, 2.24) is 0 Å². The zero-order valence-electron chi connectivity index (χ0n) is 11.2. The van der Waals surface area contributed by atoms with Gasteiger partial charge < -0.3 is 0 Å². The fraction of sp³-hybridized carbons (Fsp3) is 0.714. The van der Waals surface area contributed by atoms with Gasteiger partial charge in [0.1, 0.15) is 0 Å². The van der Waals surface area contributed by atoms with E-state index in [1.807, 2.05) is 0 Å². The lowest BCUT2D eigenvalue weighted by molar-refractivity contribution is 0.213. The molecule has 0 aliphatic carbocycles. The van der Waals surface area contributed by atoms with Crippen molar-refractivity contribution in [2.24, 2.45) is 10.8 Å². The zero-order chi connectivity index (χ0) is 11.6. The van der Waals surface area contributed by atoms with Crippen molar-refractivity contribution in [3.63, 3.8) is 0 Å². The van der Waals surface area contributed by atoms with Gasteiger partial charge in [0, 0.05) is 0 Å². The number of rotatable bonds is 3. The van der Waals surface area contributed by atoms with Crippen LogP contribution in [0, 0.1) is 10.8 Å². The van der Waals surface area contributed by atoms with Crippen molar-refractivity contribution < 1.29 is 0 Å². The van der Waals surface area contributed by atoms with Gasteiger partial charge in [-0.05, 0) is 38.5 Å². The third-order valence-corrected chi connectivity index (χ3v) is 3.88. The maximum atomic E-state index is 2.33. The van der Waals surface area contributed by atoms with E-state index in [0.29, 0.717) is 0 Å². The van der Waals surface area contributed by atoms with Crippen LogP contribution in [0.15, 0.2) is 23.3 Å².